The molecule has 0 amide bonds. The van der Waals surface area contributed by atoms with Crippen LogP contribution in [0.5, 0.6) is 0 Å². The average molecular weight is 233 g/mol. The number of hydrogen-bond donors (Lipinski definition) is 1. The lowest BCUT2D eigenvalue weighted by Gasteiger charge is -2.37. The summed E-state index contributed by atoms with van der Waals surface area (Å²) >= 11 is 0. The molecule has 0 spiro atoms. The highest BCUT2D eigenvalue weighted by Gasteiger charge is 2.32. The molecule has 0 radical (unpaired) electrons. The maximum Gasteiger partial charge on any atom is 0.0953 e. The molecule has 1 saturated heterocycles. The average Bonchev–Trinajstić information content (AvgIpc) is 3.01. The highest BCUT2D eigenvalue weighted by Crippen LogP contribution is 2.37. The molecule has 0 aromatic carbocycles. The lowest BCUT2D eigenvalue weighted by Crippen LogP contribution is -2.34. The Morgan fingerprint density at radius 3 is 2.88 bits per heavy atom. The smallest absolute Gasteiger partial charge is 0.0953 e. The van der Waals surface area contributed by atoms with Gasteiger partial charge in [-0.1, -0.05) is 19.3 Å². The molecule has 17 heavy (non-hydrogen) atoms. The van der Waals surface area contributed by atoms with E-state index in [4.69, 9.17) is 0 Å². The molecule has 1 aliphatic carbocycles. The highest BCUT2D eigenvalue weighted by molar-refractivity contribution is 5.12. The molecule has 2 fully saturated rings. The van der Waals surface area contributed by atoms with Crippen LogP contribution in [0.4, 0.5) is 0 Å². The predicted molar refractivity (Wildman–Crippen MR) is 69.2 cm³/mol. The normalized spacial score (nSPS) is 28.4. The summed E-state index contributed by atoms with van der Waals surface area (Å²) in [7, 11) is 0. The minimum Gasteiger partial charge on any atom is -0.328 e. The second-order valence-corrected chi connectivity index (χ2v) is 5.94. The maximum atomic E-state index is 4.42. The molecular weight excluding hydrogens is 210 g/mol. The first-order valence-corrected chi connectivity index (χ1v) is 7.03. The molecule has 0 bridgehead atoms. The largest absolute Gasteiger partial charge is 0.328 e. The molecular formula is C14H23N3. The molecule has 94 valence electrons. The van der Waals surface area contributed by atoms with Crippen LogP contribution in [0.1, 0.15) is 57.1 Å². The monoisotopic (exact) mass is 233 g/mol. The van der Waals surface area contributed by atoms with Gasteiger partial charge in [-0.2, -0.15) is 0 Å². The Morgan fingerprint density at radius 2 is 2.18 bits per heavy atom. The van der Waals surface area contributed by atoms with Gasteiger partial charge in [0.05, 0.1) is 6.33 Å². The van der Waals surface area contributed by atoms with Crippen LogP contribution >= 0.6 is 0 Å². The van der Waals surface area contributed by atoms with E-state index < -0.39 is 0 Å². The van der Waals surface area contributed by atoms with E-state index in [1.54, 1.807) is 0 Å². The van der Waals surface area contributed by atoms with Crippen LogP contribution in [-0.4, -0.2) is 22.6 Å². The summed E-state index contributed by atoms with van der Waals surface area (Å²) in [6.07, 6.45) is 12.2. The van der Waals surface area contributed by atoms with Crippen molar-refractivity contribution in [3.05, 3.63) is 18.2 Å². The van der Waals surface area contributed by atoms with Gasteiger partial charge >= 0.3 is 0 Å². The Hall–Kier alpha value is -0.830. The Bertz CT molecular complexity index is 371. The fourth-order valence-electron chi connectivity index (χ4n) is 3.52. The van der Waals surface area contributed by atoms with Gasteiger partial charge in [-0.15, -0.1) is 0 Å². The van der Waals surface area contributed by atoms with E-state index in [2.05, 4.69) is 34.3 Å². The van der Waals surface area contributed by atoms with E-state index >= 15 is 0 Å². The molecule has 1 N–H and O–H groups in total. The topological polar surface area (TPSA) is 29.9 Å². The Balaban J connectivity index is 1.89. The molecule has 1 aromatic rings. The summed E-state index contributed by atoms with van der Waals surface area (Å²) in [4.78, 5) is 4.42. The Labute approximate surface area is 104 Å². The Kier molecular flexibility index (Phi) is 2.95. The molecule has 1 atom stereocenters. The number of imidazole rings is 1. The van der Waals surface area contributed by atoms with Crippen molar-refractivity contribution in [2.75, 3.05) is 13.1 Å². The van der Waals surface area contributed by atoms with Crippen molar-refractivity contribution in [3.63, 3.8) is 0 Å². The molecule has 2 aliphatic rings. The van der Waals surface area contributed by atoms with Crippen molar-refractivity contribution in [2.45, 2.75) is 56.9 Å². The van der Waals surface area contributed by atoms with Crippen molar-refractivity contribution in [2.24, 2.45) is 0 Å². The molecule has 3 nitrogen and oxygen atoms in total. The van der Waals surface area contributed by atoms with E-state index in [1.165, 1.54) is 44.2 Å². The van der Waals surface area contributed by atoms with Crippen LogP contribution in [0, 0.1) is 0 Å². The quantitative estimate of drug-likeness (QED) is 0.851. The standard InChI is InChI=1S/C14H23N3/c1-14(6-3-2-4-7-14)17-11-16-10-13(17)12-5-8-15-9-12/h10-12,15H,2-9H2,1H3. The molecule has 1 unspecified atom stereocenters. The molecule has 3 rings (SSSR count). The van der Waals surface area contributed by atoms with E-state index in [0.29, 0.717) is 11.5 Å². The van der Waals surface area contributed by atoms with Gasteiger partial charge in [-0.05, 0) is 32.7 Å². The van der Waals surface area contributed by atoms with E-state index in [-0.39, 0.29) is 0 Å². The van der Waals surface area contributed by atoms with Gasteiger partial charge in [0.25, 0.3) is 0 Å². The molecule has 1 aromatic heterocycles. The fourth-order valence-corrected chi connectivity index (χ4v) is 3.52. The van der Waals surface area contributed by atoms with Gasteiger partial charge in [0, 0.05) is 29.9 Å². The number of hydrogen-bond acceptors (Lipinski definition) is 2. The van der Waals surface area contributed by atoms with Crippen molar-refractivity contribution in [3.8, 4) is 0 Å². The van der Waals surface area contributed by atoms with Crippen LogP contribution in [-0.2, 0) is 5.54 Å². The summed E-state index contributed by atoms with van der Waals surface area (Å²) in [5, 5.41) is 3.46. The predicted octanol–water partition coefficient (Wildman–Crippen LogP) is 2.64. The Morgan fingerprint density at radius 1 is 1.35 bits per heavy atom. The third-order valence-electron chi connectivity index (χ3n) is 4.66. The number of aromatic nitrogens is 2. The minimum atomic E-state index is 0.326. The lowest BCUT2D eigenvalue weighted by molar-refractivity contribution is 0.211. The zero-order valence-corrected chi connectivity index (χ0v) is 10.8. The van der Waals surface area contributed by atoms with Crippen molar-refractivity contribution >= 4 is 0 Å². The molecule has 3 heteroatoms. The summed E-state index contributed by atoms with van der Waals surface area (Å²) in [5.74, 6) is 0.677. The second-order valence-electron chi connectivity index (χ2n) is 5.94. The van der Waals surface area contributed by atoms with E-state index in [0.717, 1.165) is 13.1 Å². The highest BCUT2D eigenvalue weighted by atomic mass is 15.1. The molecule has 1 saturated carbocycles. The zero-order valence-electron chi connectivity index (χ0n) is 10.8. The van der Waals surface area contributed by atoms with Gasteiger partial charge in [-0.25, -0.2) is 4.98 Å². The van der Waals surface area contributed by atoms with Crippen LogP contribution in [0.2, 0.25) is 0 Å². The van der Waals surface area contributed by atoms with Gasteiger partial charge < -0.3 is 9.88 Å². The van der Waals surface area contributed by atoms with Crippen molar-refractivity contribution < 1.29 is 0 Å². The third-order valence-corrected chi connectivity index (χ3v) is 4.66. The van der Waals surface area contributed by atoms with Gasteiger partial charge in [-0.3, -0.25) is 0 Å². The van der Waals surface area contributed by atoms with Crippen LogP contribution in [0.25, 0.3) is 0 Å². The van der Waals surface area contributed by atoms with Crippen LogP contribution in [0.15, 0.2) is 12.5 Å². The number of nitrogens with zero attached hydrogens (tertiary/aromatic N) is 2. The summed E-state index contributed by atoms with van der Waals surface area (Å²) in [6, 6.07) is 0. The van der Waals surface area contributed by atoms with Crippen LogP contribution in [0.3, 0.4) is 0 Å². The van der Waals surface area contributed by atoms with E-state index in [1.807, 2.05) is 0 Å². The van der Waals surface area contributed by atoms with Gasteiger partial charge in [0.1, 0.15) is 0 Å². The second kappa shape index (κ2) is 4.45. The first-order valence-electron chi connectivity index (χ1n) is 7.03. The van der Waals surface area contributed by atoms with Crippen molar-refractivity contribution in [1.82, 2.24) is 14.9 Å². The number of nitrogens with one attached hydrogen (secondary N) is 1. The maximum absolute atomic E-state index is 4.42. The lowest BCUT2D eigenvalue weighted by atomic mass is 9.82. The SMILES string of the molecule is CC1(n2cncc2C2CCNC2)CCCCC1. The summed E-state index contributed by atoms with van der Waals surface area (Å²) < 4.78 is 2.49. The van der Waals surface area contributed by atoms with Crippen LogP contribution < -0.4 is 5.32 Å². The number of rotatable bonds is 2. The first kappa shape index (κ1) is 11.3. The third kappa shape index (κ3) is 2.01. The van der Waals surface area contributed by atoms with Gasteiger partial charge in [0.15, 0.2) is 0 Å². The summed E-state index contributed by atoms with van der Waals surface area (Å²) in [5.41, 5.74) is 1.78. The van der Waals surface area contributed by atoms with Gasteiger partial charge in [0.2, 0.25) is 0 Å². The minimum absolute atomic E-state index is 0.326. The summed E-state index contributed by atoms with van der Waals surface area (Å²) in [6.45, 7) is 4.70. The first-order chi connectivity index (χ1) is 8.30. The van der Waals surface area contributed by atoms with E-state index in [9.17, 15) is 0 Å². The molecule has 1 aliphatic heterocycles. The zero-order chi connectivity index (χ0) is 11.7. The molecule has 2 heterocycles. The van der Waals surface area contributed by atoms with Crippen molar-refractivity contribution in [1.29, 1.82) is 0 Å². The fraction of sp³-hybridized carbons (Fsp3) is 0.786.